The van der Waals surface area contributed by atoms with Crippen molar-refractivity contribution >= 4 is 40.1 Å². The van der Waals surface area contributed by atoms with E-state index in [1.807, 2.05) is 12.1 Å². The number of anilines is 1. The van der Waals surface area contributed by atoms with Crippen LogP contribution >= 0.6 is 23.4 Å². The number of hydrogen-bond donors (Lipinski definition) is 2. The van der Waals surface area contributed by atoms with Gasteiger partial charge in [0, 0.05) is 17.0 Å². The third-order valence-electron chi connectivity index (χ3n) is 4.37. The fourth-order valence-corrected chi connectivity index (χ4v) is 4.06. The first kappa shape index (κ1) is 18.6. The van der Waals surface area contributed by atoms with Crippen LogP contribution in [-0.2, 0) is 5.54 Å². The van der Waals surface area contributed by atoms with E-state index in [-0.39, 0.29) is 11.4 Å². The Hall–Kier alpha value is -2.18. The number of aliphatic imine (C=N–C) groups is 1. The number of amides is 1. The van der Waals surface area contributed by atoms with Gasteiger partial charge in [0.2, 0.25) is 0 Å². The number of rotatable bonds is 4. The molecule has 0 saturated heterocycles. The van der Waals surface area contributed by atoms with Gasteiger partial charge in [-0.3, -0.25) is 9.79 Å². The van der Waals surface area contributed by atoms with Crippen LogP contribution in [0.15, 0.2) is 47.5 Å². The molecule has 0 saturated carbocycles. The maximum Gasteiger partial charge on any atom is 0.255 e. The molecule has 0 radical (unpaired) electrons. The molecular formula is C19H20ClN3O2S. The second kappa shape index (κ2) is 7.60. The van der Waals surface area contributed by atoms with Crippen LogP contribution < -0.4 is 15.8 Å². The van der Waals surface area contributed by atoms with E-state index in [1.54, 1.807) is 49.2 Å². The Bertz CT molecular complexity index is 854. The lowest BCUT2D eigenvalue weighted by Crippen LogP contribution is -2.28. The summed E-state index contributed by atoms with van der Waals surface area (Å²) < 4.78 is 5.11. The largest absolute Gasteiger partial charge is 0.495 e. The number of benzene rings is 2. The summed E-state index contributed by atoms with van der Waals surface area (Å²) >= 11 is 7.66. The van der Waals surface area contributed by atoms with Crippen LogP contribution in [-0.4, -0.2) is 23.9 Å². The summed E-state index contributed by atoms with van der Waals surface area (Å²) in [4.78, 5) is 17.0. The van der Waals surface area contributed by atoms with Gasteiger partial charge < -0.3 is 15.8 Å². The van der Waals surface area contributed by atoms with Gasteiger partial charge in [0.1, 0.15) is 5.75 Å². The molecule has 0 bridgehead atoms. The number of halogens is 1. The van der Waals surface area contributed by atoms with Crippen LogP contribution in [0.4, 0.5) is 5.69 Å². The van der Waals surface area contributed by atoms with Gasteiger partial charge in [0.25, 0.3) is 5.91 Å². The molecule has 1 unspecified atom stereocenters. The number of amidine groups is 1. The van der Waals surface area contributed by atoms with Crippen LogP contribution in [0.1, 0.15) is 29.3 Å². The average Bonchev–Trinajstić information content (AvgIpc) is 2.62. The van der Waals surface area contributed by atoms with Crippen molar-refractivity contribution in [1.29, 1.82) is 0 Å². The number of ether oxygens (including phenoxy) is 1. The zero-order valence-electron chi connectivity index (χ0n) is 14.6. The van der Waals surface area contributed by atoms with Crippen molar-refractivity contribution in [2.24, 2.45) is 10.7 Å². The van der Waals surface area contributed by atoms with Gasteiger partial charge in [-0.25, -0.2) is 0 Å². The summed E-state index contributed by atoms with van der Waals surface area (Å²) in [5.41, 5.74) is 7.75. The molecule has 1 atom stereocenters. The summed E-state index contributed by atoms with van der Waals surface area (Å²) in [5, 5.41) is 3.89. The highest BCUT2D eigenvalue weighted by Crippen LogP contribution is 2.35. The van der Waals surface area contributed by atoms with Crippen LogP contribution in [0.5, 0.6) is 5.75 Å². The molecule has 0 aliphatic carbocycles. The first-order chi connectivity index (χ1) is 12.4. The van der Waals surface area contributed by atoms with E-state index in [0.29, 0.717) is 27.2 Å². The number of nitrogens with one attached hydrogen (secondary N) is 1. The molecule has 2 aromatic carbocycles. The highest BCUT2D eigenvalue weighted by Gasteiger charge is 2.29. The van der Waals surface area contributed by atoms with E-state index in [2.05, 4.69) is 17.2 Å². The number of nitrogens with zero attached hydrogens (tertiary/aromatic N) is 1. The number of carbonyl (C=O) groups is 1. The third kappa shape index (κ3) is 3.97. The Balaban J connectivity index is 1.75. The third-order valence-corrected chi connectivity index (χ3v) is 5.47. The van der Waals surface area contributed by atoms with Gasteiger partial charge in [-0.1, -0.05) is 35.5 Å². The Morgan fingerprint density at radius 2 is 2.04 bits per heavy atom. The Morgan fingerprint density at radius 3 is 2.65 bits per heavy atom. The van der Waals surface area contributed by atoms with E-state index in [0.717, 1.165) is 17.7 Å². The summed E-state index contributed by atoms with van der Waals surface area (Å²) in [6.07, 6.45) is 0.911. The lowest BCUT2D eigenvalue weighted by molar-refractivity contribution is 0.102. The molecule has 0 spiro atoms. The summed E-state index contributed by atoms with van der Waals surface area (Å²) in [6.45, 7) is 2.06. The van der Waals surface area contributed by atoms with Crippen LogP contribution in [0, 0.1) is 0 Å². The predicted octanol–water partition coefficient (Wildman–Crippen LogP) is 4.27. The fraction of sp³-hybridized carbons (Fsp3) is 0.263. The summed E-state index contributed by atoms with van der Waals surface area (Å²) in [6, 6.07) is 12.6. The summed E-state index contributed by atoms with van der Waals surface area (Å²) in [5.74, 6) is 1.30. The molecule has 136 valence electrons. The quantitative estimate of drug-likeness (QED) is 0.818. The number of hydrogen-bond acceptors (Lipinski definition) is 5. The van der Waals surface area contributed by atoms with Crippen LogP contribution in [0.25, 0.3) is 0 Å². The second-order valence-corrected chi connectivity index (χ2v) is 7.73. The van der Waals surface area contributed by atoms with Crippen molar-refractivity contribution in [3.05, 3.63) is 58.6 Å². The number of carbonyl (C=O) groups excluding carboxylic acids is 1. The van der Waals surface area contributed by atoms with Gasteiger partial charge in [0.15, 0.2) is 5.17 Å². The molecule has 3 rings (SSSR count). The molecule has 7 heteroatoms. The molecule has 1 amide bonds. The highest BCUT2D eigenvalue weighted by molar-refractivity contribution is 8.13. The van der Waals surface area contributed by atoms with Crippen molar-refractivity contribution in [1.82, 2.24) is 0 Å². The van der Waals surface area contributed by atoms with Gasteiger partial charge in [-0.15, -0.1) is 0 Å². The van der Waals surface area contributed by atoms with Crippen molar-refractivity contribution in [3.8, 4) is 5.75 Å². The zero-order chi connectivity index (χ0) is 18.7. The van der Waals surface area contributed by atoms with Crippen molar-refractivity contribution < 1.29 is 9.53 Å². The monoisotopic (exact) mass is 389 g/mol. The predicted molar refractivity (Wildman–Crippen MR) is 108 cm³/mol. The minimum absolute atomic E-state index is 0.204. The van der Waals surface area contributed by atoms with Gasteiger partial charge in [-0.05, 0) is 49.2 Å². The molecule has 1 heterocycles. The highest BCUT2D eigenvalue weighted by atomic mass is 35.5. The molecule has 1 aliphatic heterocycles. The molecule has 3 N–H and O–H groups in total. The first-order valence-corrected chi connectivity index (χ1v) is 9.51. The number of nitrogens with two attached hydrogens (primary N) is 1. The zero-order valence-corrected chi connectivity index (χ0v) is 16.2. The number of thioether (sulfide) groups is 1. The lowest BCUT2D eigenvalue weighted by atomic mass is 9.89. The number of methoxy groups -OCH3 is 1. The first-order valence-electron chi connectivity index (χ1n) is 8.15. The fourth-order valence-electron chi connectivity index (χ4n) is 2.82. The Labute approximate surface area is 162 Å². The Morgan fingerprint density at radius 1 is 1.31 bits per heavy atom. The normalized spacial score (nSPS) is 19.6. The molecule has 1 aliphatic rings. The van der Waals surface area contributed by atoms with E-state index in [1.165, 1.54) is 0 Å². The molecule has 5 nitrogen and oxygen atoms in total. The lowest BCUT2D eigenvalue weighted by Gasteiger charge is -2.29. The standard InChI is InChI=1S/C19H20ClN3O2S/c1-19(9-10-26-18(21)23-19)13-5-3-12(4-6-13)17(24)22-14-7-8-16(25-2)15(20)11-14/h3-8,11H,9-10H2,1-2H3,(H2,21,23)(H,22,24). The van der Waals surface area contributed by atoms with E-state index < -0.39 is 0 Å². The molecule has 0 aromatic heterocycles. The maximum absolute atomic E-state index is 12.5. The molecule has 2 aromatic rings. The molecular weight excluding hydrogens is 370 g/mol. The van der Waals surface area contributed by atoms with Gasteiger partial charge in [0.05, 0.1) is 17.7 Å². The Kier molecular flexibility index (Phi) is 5.44. The van der Waals surface area contributed by atoms with Crippen molar-refractivity contribution in [2.45, 2.75) is 18.9 Å². The smallest absolute Gasteiger partial charge is 0.255 e. The minimum Gasteiger partial charge on any atom is -0.495 e. The molecule has 0 fully saturated rings. The van der Waals surface area contributed by atoms with Crippen molar-refractivity contribution in [2.75, 3.05) is 18.2 Å². The molecule has 26 heavy (non-hydrogen) atoms. The van der Waals surface area contributed by atoms with E-state index in [4.69, 9.17) is 22.1 Å². The minimum atomic E-state index is -0.339. The van der Waals surface area contributed by atoms with Crippen molar-refractivity contribution in [3.63, 3.8) is 0 Å². The second-order valence-electron chi connectivity index (χ2n) is 6.20. The van der Waals surface area contributed by atoms with E-state index in [9.17, 15) is 4.79 Å². The van der Waals surface area contributed by atoms with Gasteiger partial charge in [-0.2, -0.15) is 0 Å². The summed E-state index contributed by atoms with van der Waals surface area (Å²) in [7, 11) is 1.55. The van der Waals surface area contributed by atoms with E-state index >= 15 is 0 Å². The van der Waals surface area contributed by atoms with Gasteiger partial charge >= 0.3 is 0 Å². The maximum atomic E-state index is 12.5. The van der Waals surface area contributed by atoms with Crippen LogP contribution in [0.3, 0.4) is 0 Å². The average molecular weight is 390 g/mol. The topological polar surface area (TPSA) is 76.7 Å². The SMILES string of the molecule is COc1ccc(NC(=O)c2ccc(C3(C)CCSC(N)=N3)cc2)cc1Cl. The van der Waals surface area contributed by atoms with Crippen LogP contribution in [0.2, 0.25) is 5.02 Å².